The van der Waals surface area contributed by atoms with Crippen molar-refractivity contribution in [1.82, 2.24) is 19.5 Å². The standard InChI is InChI=1S/C17H26FN7O4/c1-7(2)9(19)14(27)28-5-8-11(26)17(3,18)15(29-8)25-6-22-10-12(21-4)23-16(20)24-13(10)25/h6-9,11,15,26H,5,19H2,1-4H3,(H3,20,21,23,24)/t8-,9+,11-,15-,17-/m1/s1. The van der Waals surface area contributed by atoms with E-state index in [4.69, 9.17) is 20.9 Å². The molecule has 3 rings (SSSR count). The van der Waals surface area contributed by atoms with Gasteiger partial charge in [0.05, 0.1) is 6.33 Å². The van der Waals surface area contributed by atoms with Gasteiger partial charge in [0.15, 0.2) is 28.9 Å². The summed E-state index contributed by atoms with van der Waals surface area (Å²) in [5.41, 5.74) is 9.86. The van der Waals surface area contributed by atoms with Crippen LogP contribution in [0.15, 0.2) is 6.33 Å². The largest absolute Gasteiger partial charge is 0.462 e. The third-order valence-corrected chi connectivity index (χ3v) is 5.03. The Bertz CT molecular complexity index is 903. The Morgan fingerprint density at radius 1 is 1.52 bits per heavy atom. The minimum absolute atomic E-state index is 0.0316. The minimum Gasteiger partial charge on any atom is -0.462 e. The predicted octanol–water partition coefficient (Wildman–Crippen LogP) is -0.0368. The highest BCUT2D eigenvalue weighted by atomic mass is 19.1. The number of alkyl halides is 1. The van der Waals surface area contributed by atoms with Gasteiger partial charge in [0.25, 0.3) is 0 Å². The number of nitrogens with two attached hydrogens (primary N) is 2. The molecule has 0 amide bonds. The summed E-state index contributed by atoms with van der Waals surface area (Å²) in [6, 6.07) is -0.821. The quantitative estimate of drug-likeness (QED) is 0.474. The van der Waals surface area contributed by atoms with Crippen LogP contribution < -0.4 is 16.8 Å². The van der Waals surface area contributed by atoms with Crippen LogP contribution in [0.5, 0.6) is 0 Å². The topological polar surface area (TPSA) is 163 Å². The maximum Gasteiger partial charge on any atom is 0.323 e. The molecule has 1 fully saturated rings. The van der Waals surface area contributed by atoms with Crippen molar-refractivity contribution < 1.29 is 23.8 Å². The molecule has 0 saturated carbocycles. The Morgan fingerprint density at radius 2 is 2.21 bits per heavy atom. The van der Waals surface area contributed by atoms with E-state index in [9.17, 15) is 9.90 Å². The van der Waals surface area contributed by atoms with Crippen molar-refractivity contribution in [3.05, 3.63) is 6.33 Å². The minimum atomic E-state index is -2.22. The van der Waals surface area contributed by atoms with Gasteiger partial charge in [0.1, 0.15) is 24.9 Å². The molecule has 0 bridgehead atoms. The van der Waals surface area contributed by atoms with Gasteiger partial charge in [-0.1, -0.05) is 13.8 Å². The first-order chi connectivity index (χ1) is 13.6. The first-order valence-corrected chi connectivity index (χ1v) is 9.20. The molecular weight excluding hydrogens is 385 g/mol. The number of carbonyl (C=O) groups excluding carboxylic acids is 1. The number of halogens is 1. The molecule has 29 heavy (non-hydrogen) atoms. The molecule has 0 spiro atoms. The van der Waals surface area contributed by atoms with Crippen molar-refractivity contribution in [2.75, 3.05) is 24.7 Å². The first kappa shape index (κ1) is 21.1. The summed E-state index contributed by atoms with van der Waals surface area (Å²) in [5, 5.41) is 13.3. The molecule has 2 aromatic rings. The van der Waals surface area contributed by atoms with Crippen LogP contribution in [0.3, 0.4) is 0 Å². The van der Waals surface area contributed by atoms with Gasteiger partial charge in [0, 0.05) is 7.05 Å². The molecule has 5 atom stereocenters. The molecule has 0 unspecified atom stereocenters. The zero-order valence-electron chi connectivity index (χ0n) is 16.7. The number of carbonyl (C=O) groups is 1. The molecule has 0 aliphatic carbocycles. The smallest absolute Gasteiger partial charge is 0.323 e. The van der Waals surface area contributed by atoms with Crippen LogP contribution in [0, 0.1) is 5.92 Å². The second kappa shape index (κ2) is 7.69. The maximum absolute atomic E-state index is 15.4. The lowest BCUT2D eigenvalue weighted by molar-refractivity contribution is -0.152. The molecule has 1 aliphatic rings. The monoisotopic (exact) mass is 411 g/mol. The molecule has 1 aliphatic heterocycles. The van der Waals surface area contributed by atoms with Crippen molar-refractivity contribution in [3.8, 4) is 0 Å². The Labute approximate surface area is 166 Å². The normalized spacial score (nSPS) is 28.1. The highest BCUT2D eigenvalue weighted by Crippen LogP contribution is 2.42. The lowest BCUT2D eigenvalue weighted by atomic mass is 9.98. The number of fused-ring (bicyclic) bond motifs is 1. The maximum atomic E-state index is 15.4. The lowest BCUT2D eigenvalue weighted by Crippen LogP contribution is -2.42. The zero-order chi connectivity index (χ0) is 21.5. The average Bonchev–Trinajstić information content (AvgIpc) is 3.17. The van der Waals surface area contributed by atoms with Gasteiger partial charge < -0.3 is 31.4 Å². The third kappa shape index (κ3) is 3.70. The number of anilines is 2. The van der Waals surface area contributed by atoms with Crippen LogP contribution in [0.2, 0.25) is 0 Å². The van der Waals surface area contributed by atoms with Gasteiger partial charge >= 0.3 is 5.97 Å². The zero-order valence-corrected chi connectivity index (χ0v) is 16.7. The van der Waals surface area contributed by atoms with E-state index in [2.05, 4.69) is 20.3 Å². The Kier molecular flexibility index (Phi) is 5.61. The van der Waals surface area contributed by atoms with Crippen molar-refractivity contribution >= 4 is 28.9 Å². The summed E-state index contributed by atoms with van der Waals surface area (Å²) in [7, 11) is 1.64. The number of esters is 1. The Morgan fingerprint density at radius 3 is 2.83 bits per heavy atom. The molecule has 11 nitrogen and oxygen atoms in total. The summed E-state index contributed by atoms with van der Waals surface area (Å²) < 4.78 is 27.6. The van der Waals surface area contributed by atoms with E-state index in [0.29, 0.717) is 11.3 Å². The van der Waals surface area contributed by atoms with Crippen molar-refractivity contribution in [1.29, 1.82) is 0 Å². The first-order valence-electron chi connectivity index (χ1n) is 9.20. The van der Waals surface area contributed by atoms with Gasteiger partial charge in [-0.2, -0.15) is 9.97 Å². The molecule has 160 valence electrons. The van der Waals surface area contributed by atoms with Crippen molar-refractivity contribution in [3.63, 3.8) is 0 Å². The van der Waals surface area contributed by atoms with Gasteiger partial charge in [-0.3, -0.25) is 9.36 Å². The highest BCUT2D eigenvalue weighted by Gasteiger charge is 2.55. The molecule has 0 aromatic carbocycles. The van der Waals surface area contributed by atoms with Crippen LogP contribution in [-0.4, -0.2) is 68.2 Å². The van der Waals surface area contributed by atoms with Crippen LogP contribution in [-0.2, 0) is 14.3 Å². The second-order valence-corrected chi connectivity index (χ2v) is 7.53. The lowest BCUT2D eigenvalue weighted by Gasteiger charge is -2.24. The number of aliphatic hydroxyl groups excluding tert-OH is 1. The molecule has 1 saturated heterocycles. The molecule has 2 aromatic heterocycles. The second-order valence-electron chi connectivity index (χ2n) is 7.53. The van der Waals surface area contributed by atoms with E-state index in [1.54, 1.807) is 20.9 Å². The van der Waals surface area contributed by atoms with E-state index >= 15 is 4.39 Å². The van der Waals surface area contributed by atoms with E-state index in [1.165, 1.54) is 17.8 Å². The molecule has 6 N–H and O–H groups in total. The Hall–Kier alpha value is -2.57. The number of hydrogen-bond donors (Lipinski definition) is 4. The summed E-state index contributed by atoms with van der Waals surface area (Å²) in [6.07, 6.45) is -2.60. The summed E-state index contributed by atoms with van der Waals surface area (Å²) in [4.78, 5) is 24.3. The Balaban J connectivity index is 1.85. The van der Waals surface area contributed by atoms with Gasteiger partial charge in [-0.25, -0.2) is 9.37 Å². The number of ether oxygens (including phenoxy) is 2. The summed E-state index contributed by atoms with van der Waals surface area (Å²) in [5.74, 6) is -0.429. The average molecular weight is 411 g/mol. The summed E-state index contributed by atoms with van der Waals surface area (Å²) in [6.45, 7) is 4.40. The molecule has 12 heteroatoms. The number of rotatable bonds is 6. The fraction of sp³-hybridized carbons (Fsp3) is 0.647. The van der Waals surface area contributed by atoms with Crippen LogP contribution >= 0.6 is 0 Å². The SMILES string of the molecule is CNc1nc(N)nc2c1ncn2[C@@H]1O[C@H](COC(=O)[C@@H](N)C(C)C)[C@@H](O)[C@@]1(C)F. The van der Waals surface area contributed by atoms with E-state index in [0.717, 1.165) is 0 Å². The fourth-order valence-electron chi connectivity index (χ4n) is 3.16. The van der Waals surface area contributed by atoms with Gasteiger partial charge in [0.2, 0.25) is 5.95 Å². The number of imidazole rings is 1. The fourth-order valence-corrected chi connectivity index (χ4v) is 3.16. The van der Waals surface area contributed by atoms with Crippen molar-refractivity contribution in [2.24, 2.45) is 11.7 Å². The number of nitrogens with one attached hydrogen (secondary N) is 1. The molecule has 0 radical (unpaired) electrons. The summed E-state index contributed by atoms with van der Waals surface area (Å²) >= 11 is 0. The van der Waals surface area contributed by atoms with Gasteiger partial charge in [-0.15, -0.1) is 0 Å². The van der Waals surface area contributed by atoms with E-state index in [-0.39, 0.29) is 24.1 Å². The molecule has 3 heterocycles. The van der Waals surface area contributed by atoms with Crippen LogP contribution in [0.1, 0.15) is 27.0 Å². The predicted molar refractivity (Wildman–Crippen MR) is 102 cm³/mol. The van der Waals surface area contributed by atoms with Crippen LogP contribution in [0.4, 0.5) is 16.2 Å². The van der Waals surface area contributed by atoms with E-state index in [1.807, 2.05) is 0 Å². The third-order valence-electron chi connectivity index (χ3n) is 5.03. The van der Waals surface area contributed by atoms with Crippen LogP contribution in [0.25, 0.3) is 11.2 Å². The highest BCUT2D eigenvalue weighted by molar-refractivity contribution is 5.84. The number of aliphatic hydroxyl groups is 1. The van der Waals surface area contributed by atoms with Gasteiger partial charge in [-0.05, 0) is 12.8 Å². The number of nitrogens with zero attached hydrogens (tertiary/aromatic N) is 4. The van der Waals surface area contributed by atoms with E-state index < -0.39 is 36.1 Å². The number of aromatic nitrogens is 4. The van der Waals surface area contributed by atoms with Crippen molar-refractivity contribution in [2.45, 2.75) is 50.9 Å². The number of nitrogen functional groups attached to an aromatic ring is 1. The molecular formula is C17H26FN7O4. The number of hydrogen-bond acceptors (Lipinski definition) is 10.